The highest BCUT2D eigenvalue weighted by molar-refractivity contribution is 6.30. The Morgan fingerprint density at radius 2 is 1.84 bits per heavy atom. The van der Waals surface area contributed by atoms with E-state index >= 15 is 0 Å². The fourth-order valence-electron chi connectivity index (χ4n) is 2.80. The molecule has 5 nitrogen and oxygen atoms in total. The summed E-state index contributed by atoms with van der Waals surface area (Å²) in [5, 5.41) is 12.6. The van der Waals surface area contributed by atoms with E-state index in [1.165, 1.54) is 13.2 Å². The summed E-state index contributed by atoms with van der Waals surface area (Å²) in [6.45, 7) is 0. The van der Waals surface area contributed by atoms with Crippen molar-refractivity contribution in [2.45, 2.75) is 0 Å². The van der Waals surface area contributed by atoms with E-state index in [2.05, 4.69) is 4.98 Å². The second-order valence-electron chi connectivity index (χ2n) is 5.48. The maximum Gasteiger partial charge on any atom is 0.270 e. The molecule has 2 heterocycles. The van der Waals surface area contributed by atoms with Crippen molar-refractivity contribution in [1.29, 1.82) is 0 Å². The number of methoxy groups -OCH3 is 1. The van der Waals surface area contributed by atoms with Gasteiger partial charge in [-0.1, -0.05) is 17.7 Å². The Balaban J connectivity index is 2.22. The molecule has 0 saturated heterocycles. The SMILES string of the molecule is COc1ccc2ccc(=O)nc3/c(=C(\O)c4ccc(Cl)cc4)oc1c23. The van der Waals surface area contributed by atoms with Gasteiger partial charge >= 0.3 is 0 Å². The molecule has 0 spiro atoms. The molecule has 0 bridgehead atoms. The molecule has 2 aromatic heterocycles. The monoisotopic (exact) mass is 353 g/mol. The lowest BCUT2D eigenvalue weighted by Gasteiger charge is -2.00. The van der Waals surface area contributed by atoms with Crippen molar-refractivity contribution >= 4 is 39.2 Å². The summed E-state index contributed by atoms with van der Waals surface area (Å²) in [6, 6.07) is 13.2. The molecule has 0 radical (unpaired) electrons. The summed E-state index contributed by atoms with van der Waals surface area (Å²) < 4.78 is 11.2. The van der Waals surface area contributed by atoms with E-state index in [1.54, 1.807) is 36.4 Å². The summed E-state index contributed by atoms with van der Waals surface area (Å²) in [5.74, 6) is 0.363. The number of aliphatic hydroxyl groups excluding tert-OH is 1. The number of hydrogen-bond acceptors (Lipinski definition) is 5. The smallest absolute Gasteiger partial charge is 0.270 e. The van der Waals surface area contributed by atoms with Crippen LogP contribution in [0.1, 0.15) is 5.56 Å². The molecular weight excluding hydrogens is 342 g/mol. The Hall–Kier alpha value is -3.05. The van der Waals surface area contributed by atoms with Crippen LogP contribution in [-0.4, -0.2) is 17.2 Å². The molecule has 0 atom stereocenters. The first-order valence-corrected chi connectivity index (χ1v) is 7.86. The highest BCUT2D eigenvalue weighted by Gasteiger charge is 2.17. The molecule has 0 aliphatic carbocycles. The van der Waals surface area contributed by atoms with Crippen molar-refractivity contribution < 1.29 is 14.3 Å². The molecule has 0 fully saturated rings. The minimum absolute atomic E-state index is 0.111. The van der Waals surface area contributed by atoms with Crippen LogP contribution >= 0.6 is 11.6 Å². The largest absolute Gasteiger partial charge is 0.504 e. The van der Waals surface area contributed by atoms with Crippen LogP contribution in [0.4, 0.5) is 0 Å². The Labute approximate surface area is 146 Å². The van der Waals surface area contributed by atoms with Crippen LogP contribution in [0.15, 0.2) is 57.7 Å². The second kappa shape index (κ2) is 5.79. The van der Waals surface area contributed by atoms with Gasteiger partial charge in [-0.05, 0) is 41.8 Å². The van der Waals surface area contributed by atoms with Gasteiger partial charge in [0, 0.05) is 16.7 Å². The summed E-state index contributed by atoms with van der Waals surface area (Å²) >= 11 is 5.89. The van der Waals surface area contributed by atoms with Gasteiger partial charge in [0.15, 0.2) is 22.5 Å². The fraction of sp³-hybridized carbons (Fsp3) is 0.0526. The Kier molecular flexibility index (Phi) is 3.58. The summed E-state index contributed by atoms with van der Waals surface area (Å²) in [6.07, 6.45) is 0. The topological polar surface area (TPSA) is 72.6 Å². The van der Waals surface area contributed by atoms with Crippen molar-refractivity contribution in [3.8, 4) is 5.75 Å². The van der Waals surface area contributed by atoms with Crippen molar-refractivity contribution in [2.75, 3.05) is 7.11 Å². The minimum atomic E-state index is -0.428. The molecule has 2 aromatic carbocycles. The number of rotatable bonds is 2. The number of aromatic nitrogens is 1. The Bertz CT molecular complexity index is 1210. The first-order chi connectivity index (χ1) is 12.1. The highest BCUT2D eigenvalue weighted by atomic mass is 35.5. The molecular formula is C19H12ClNO4. The summed E-state index contributed by atoms with van der Waals surface area (Å²) in [5.41, 5.74) is 0.892. The van der Waals surface area contributed by atoms with Crippen LogP contribution < -0.4 is 15.7 Å². The Morgan fingerprint density at radius 1 is 1.12 bits per heavy atom. The van der Waals surface area contributed by atoms with Crippen LogP contribution in [0, 0.1) is 0 Å². The van der Waals surface area contributed by atoms with Gasteiger partial charge in [-0.15, -0.1) is 0 Å². The molecule has 4 aromatic rings. The number of nitrogens with zero attached hydrogens (tertiary/aromatic N) is 1. The molecule has 25 heavy (non-hydrogen) atoms. The van der Waals surface area contributed by atoms with Gasteiger partial charge in [0.05, 0.1) is 12.5 Å². The standard InChI is InChI=1S/C19H12ClNO4/c1-24-13-8-4-10-5-9-14(22)21-16-15(10)18(13)25-19(16)17(23)11-2-6-12(20)7-3-11/h2-9,23H,1H3/b19-17+. The van der Waals surface area contributed by atoms with Crippen molar-refractivity contribution in [1.82, 2.24) is 4.98 Å². The van der Waals surface area contributed by atoms with Crippen molar-refractivity contribution in [3.63, 3.8) is 0 Å². The van der Waals surface area contributed by atoms with Gasteiger partial charge in [-0.25, -0.2) is 4.98 Å². The molecule has 0 saturated carbocycles. The van der Waals surface area contributed by atoms with E-state index in [1.807, 2.05) is 6.07 Å². The lowest BCUT2D eigenvalue weighted by Crippen LogP contribution is -2.09. The third-order valence-corrected chi connectivity index (χ3v) is 4.24. The molecule has 6 heteroatoms. The number of furan rings is 1. The van der Waals surface area contributed by atoms with Gasteiger partial charge in [0.1, 0.15) is 5.52 Å². The first-order valence-electron chi connectivity index (χ1n) is 7.48. The average Bonchev–Trinajstić information content (AvgIpc) is 2.90. The third kappa shape index (κ3) is 2.49. The van der Waals surface area contributed by atoms with Gasteiger partial charge in [-0.3, -0.25) is 4.79 Å². The molecule has 0 aliphatic rings. The van der Waals surface area contributed by atoms with E-state index in [4.69, 9.17) is 20.8 Å². The quantitative estimate of drug-likeness (QED) is 0.597. The molecule has 0 unspecified atom stereocenters. The molecule has 0 amide bonds. The molecule has 1 N–H and O–H groups in total. The third-order valence-electron chi connectivity index (χ3n) is 3.99. The Morgan fingerprint density at radius 3 is 2.56 bits per heavy atom. The predicted octanol–water partition coefficient (Wildman–Crippen LogP) is 3.44. The number of benzene rings is 2. The lowest BCUT2D eigenvalue weighted by atomic mass is 10.1. The molecule has 0 aliphatic heterocycles. The van der Waals surface area contributed by atoms with Crippen LogP contribution in [0.5, 0.6) is 5.75 Å². The maximum atomic E-state index is 12.0. The molecule has 4 rings (SSSR count). The van der Waals surface area contributed by atoms with E-state index < -0.39 is 5.56 Å². The minimum Gasteiger partial charge on any atom is -0.504 e. The zero-order chi connectivity index (χ0) is 17.6. The van der Waals surface area contributed by atoms with Gasteiger partial charge in [0.2, 0.25) is 0 Å². The van der Waals surface area contributed by atoms with Gasteiger partial charge < -0.3 is 14.3 Å². The second-order valence-corrected chi connectivity index (χ2v) is 5.92. The van der Waals surface area contributed by atoms with Gasteiger partial charge in [-0.2, -0.15) is 0 Å². The number of halogens is 1. The number of hydrogen-bond donors (Lipinski definition) is 1. The van der Waals surface area contributed by atoms with E-state index in [0.29, 0.717) is 27.3 Å². The van der Waals surface area contributed by atoms with Crippen molar-refractivity contribution in [2.24, 2.45) is 0 Å². The highest BCUT2D eigenvalue weighted by Crippen LogP contribution is 2.31. The average molecular weight is 354 g/mol. The lowest BCUT2D eigenvalue weighted by molar-refractivity contribution is 0.406. The van der Waals surface area contributed by atoms with Crippen LogP contribution in [-0.2, 0) is 0 Å². The zero-order valence-electron chi connectivity index (χ0n) is 13.1. The van der Waals surface area contributed by atoms with Crippen LogP contribution in [0.2, 0.25) is 5.02 Å². The maximum absolute atomic E-state index is 12.0. The fourth-order valence-corrected chi connectivity index (χ4v) is 2.93. The van der Waals surface area contributed by atoms with Crippen molar-refractivity contribution in [3.05, 3.63) is 74.9 Å². The predicted molar refractivity (Wildman–Crippen MR) is 96.1 cm³/mol. The first kappa shape index (κ1) is 15.5. The van der Waals surface area contributed by atoms with E-state index in [-0.39, 0.29) is 16.7 Å². The summed E-state index contributed by atoms with van der Waals surface area (Å²) in [7, 11) is 1.52. The number of ether oxygens (including phenoxy) is 1. The number of aliphatic hydroxyl groups is 1. The van der Waals surface area contributed by atoms with Gasteiger partial charge in [0.25, 0.3) is 5.56 Å². The van der Waals surface area contributed by atoms with E-state index in [0.717, 1.165) is 5.39 Å². The summed E-state index contributed by atoms with van der Waals surface area (Å²) in [4.78, 5) is 16.0. The van der Waals surface area contributed by atoms with E-state index in [9.17, 15) is 9.90 Å². The van der Waals surface area contributed by atoms with Crippen LogP contribution in [0.25, 0.3) is 27.6 Å². The van der Waals surface area contributed by atoms with Crippen LogP contribution in [0.3, 0.4) is 0 Å². The normalized spacial score (nSPS) is 12.6. The molecule has 124 valence electrons. The zero-order valence-corrected chi connectivity index (χ0v) is 13.9.